The molecule has 4 rings (SSSR count). The molecule has 2 aromatic rings. The van der Waals surface area contributed by atoms with Gasteiger partial charge in [-0.05, 0) is 49.4 Å². The highest BCUT2D eigenvalue weighted by Gasteiger charge is 2.39. The average molecular weight is 561 g/mol. The van der Waals surface area contributed by atoms with Gasteiger partial charge in [-0.2, -0.15) is 13.2 Å². The maximum absolute atomic E-state index is 14.2. The van der Waals surface area contributed by atoms with Crippen LogP contribution in [0.1, 0.15) is 29.5 Å². The third-order valence-corrected chi connectivity index (χ3v) is 7.90. The molecule has 37 heavy (non-hydrogen) atoms. The van der Waals surface area contributed by atoms with Crippen molar-refractivity contribution in [1.82, 2.24) is 20.0 Å². The number of halogens is 6. The van der Waals surface area contributed by atoms with Crippen LogP contribution in [0.3, 0.4) is 0 Å². The maximum atomic E-state index is 14.2. The Bertz CT molecular complexity index is 1130. The van der Waals surface area contributed by atoms with E-state index in [4.69, 9.17) is 23.2 Å². The molecule has 3 atom stereocenters. The lowest BCUT2D eigenvalue weighted by atomic mass is 9.93. The van der Waals surface area contributed by atoms with E-state index < -0.39 is 17.6 Å². The van der Waals surface area contributed by atoms with Crippen molar-refractivity contribution in [2.75, 3.05) is 46.3 Å². The number of likely N-dealkylation sites (tertiary alicyclic amines) is 1. The van der Waals surface area contributed by atoms with Gasteiger partial charge in [0.05, 0.1) is 22.2 Å². The highest BCUT2D eigenvalue weighted by Crippen LogP contribution is 2.36. The predicted molar refractivity (Wildman–Crippen MR) is 136 cm³/mol. The Hall–Kier alpha value is -1.91. The van der Waals surface area contributed by atoms with Crippen molar-refractivity contribution in [3.8, 4) is 0 Å². The molecule has 2 aliphatic rings. The molecule has 2 unspecified atom stereocenters. The Kier molecular flexibility index (Phi) is 8.70. The summed E-state index contributed by atoms with van der Waals surface area (Å²) in [5.74, 6) is -1.38. The Labute approximate surface area is 224 Å². The minimum absolute atomic E-state index is 0.0237. The van der Waals surface area contributed by atoms with E-state index in [1.807, 2.05) is 22.9 Å². The first-order valence-corrected chi connectivity index (χ1v) is 12.9. The van der Waals surface area contributed by atoms with E-state index in [0.29, 0.717) is 41.3 Å². The molecule has 0 saturated carbocycles. The molecule has 202 valence electrons. The molecule has 0 bridgehead atoms. The molecule has 5 nitrogen and oxygen atoms in total. The number of carbonyl (C=O) groups excluding carboxylic acids is 1. The maximum Gasteiger partial charge on any atom is 0.419 e. The first kappa shape index (κ1) is 28.1. The summed E-state index contributed by atoms with van der Waals surface area (Å²) in [6.45, 7) is 5.94. The van der Waals surface area contributed by atoms with E-state index in [1.165, 1.54) is 6.07 Å². The number of piperazine rings is 1. The van der Waals surface area contributed by atoms with Crippen LogP contribution < -0.4 is 5.32 Å². The molecule has 1 N–H and O–H groups in total. The summed E-state index contributed by atoms with van der Waals surface area (Å²) in [4.78, 5) is 19.2. The Balaban J connectivity index is 1.53. The molecule has 2 fully saturated rings. The molecule has 2 saturated heterocycles. The molecule has 0 spiro atoms. The standard InChI is InChI=1S/C26H30Cl2F4N4O/c1-16-11-35(8-7-33-16)15-25(37)36-13-19(18-4-6-21(27)22(28)10-18)24(14-36)34(2)12-17-3-5-20(23(29)9-17)26(30,31)32/h3-6,9-10,16,19,24,33H,7-8,11-15H2,1-2H3/t16?,19-,24?/m1/s1. The smallest absolute Gasteiger partial charge is 0.339 e. The summed E-state index contributed by atoms with van der Waals surface area (Å²) >= 11 is 12.4. The number of hydrogen-bond donors (Lipinski definition) is 1. The molecule has 0 aromatic heterocycles. The lowest BCUT2D eigenvalue weighted by Gasteiger charge is -2.32. The van der Waals surface area contributed by atoms with Gasteiger partial charge in [0.15, 0.2) is 0 Å². The number of alkyl halides is 3. The average Bonchev–Trinajstić information content (AvgIpc) is 3.26. The van der Waals surface area contributed by atoms with E-state index in [-0.39, 0.29) is 24.4 Å². The Morgan fingerprint density at radius 3 is 2.51 bits per heavy atom. The molecule has 11 heteroatoms. The molecular weight excluding hydrogens is 531 g/mol. The number of amides is 1. The van der Waals surface area contributed by atoms with Crippen LogP contribution in [-0.4, -0.2) is 79.0 Å². The van der Waals surface area contributed by atoms with Crippen LogP contribution in [0.4, 0.5) is 17.6 Å². The second-order valence-electron chi connectivity index (χ2n) is 9.96. The van der Waals surface area contributed by atoms with Crippen molar-refractivity contribution in [2.24, 2.45) is 0 Å². The van der Waals surface area contributed by atoms with Gasteiger partial charge in [0.1, 0.15) is 5.82 Å². The van der Waals surface area contributed by atoms with Gasteiger partial charge in [-0.25, -0.2) is 4.39 Å². The number of likely N-dealkylation sites (N-methyl/N-ethyl adjacent to an activating group) is 1. The minimum atomic E-state index is -4.75. The third-order valence-electron chi connectivity index (χ3n) is 7.16. The van der Waals surface area contributed by atoms with Gasteiger partial charge in [0.25, 0.3) is 0 Å². The van der Waals surface area contributed by atoms with Gasteiger partial charge in [-0.15, -0.1) is 0 Å². The third kappa shape index (κ3) is 6.75. The lowest BCUT2D eigenvalue weighted by Crippen LogP contribution is -2.52. The molecular formula is C26H30Cl2F4N4O. The van der Waals surface area contributed by atoms with Gasteiger partial charge in [0, 0.05) is 57.3 Å². The first-order valence-electron chi connectivity index (χ1n) is 12.2. The summed E-state index contributed by atoms with van der Waals surface area (Å²) in [5, 5.41) is 4.20. The molecule has 0 aliphatic carbocycles. The zero-order valence-electron chi connectivity index (χ0n) is 20.7. The summed E-state index contributed by atoms with van der Waals surface area (Å²) in [7, 11) is 1.83. The highest BCUT2D eigenvalue weighted by molar-refractivity contribution is 6.42. The monoisotopic (exact) mass is 560 g/mol. The molecule has 2 aliphatic heterocycles. The lowest BCUT2D eigenvalue weighted by molar-refractivity contribution is -0.140. The van der Waals surface area contributed by atoms with E-state index in [2.05, 4.69) is 17.1 Å². The molecule has 2 heterocycles. The number of benzene rings is 2. The van der Waals surface area contributed by atoms with Crippen LogP contribution in [-0.2, 0) is 17.5 Å². The zero-order chi connectivity index (χ0) is 26.9. The van der Waals surface area contributed by atoms with Crippen LogP contribution >= 0.6 is 23.2 Å². The fourth-order valence-corrected chi connectivity index (χ4v) is 5.55. The number of nitrogens with zero attached hydrogens (tertiary/aromatic N) is 3. The Morgan fingerprint density at radius 1 is 1.11 bits per heavy atom. The quantitative estimate of drug-likeness (QED) is 0.511. The van der Waals surface area contributed by atoms with E-state index >= 15 is 0 Å². The summed E-state index contributed by atoms with van der Waals surface area (Å²) in [6, 6.07) is 8.53. The fraction of sp³-hybridized carbons (Fsp3) is 0.500. The van der Waals surface area contributed by atoms with Gasteiger partial charge < -0.3 is 10.2 Å². The van der Waals surface area contributed by atoms with Gasteiger partial charge in [0.2, 0.25) is 5.91 Å². The van der Waals surface area contributed by atoms with Crippen LogP contribution in [0.25, 0.3) is 0 Å². The molecule has 0 radical (unpaired) electrons. The second kappa shape index (κ2) is 11.5. The van der Waals surface area contributed by atoms with Crippen LogP contribution in [0.5, 0.6) is 0 Å². The van der Waals surface area contributed by atoms with E-state index in [9.17, 15) is 22.4 Å². The van der Waals surface area contributed by atoms with E-state index in [0.717, 1.165) is 37.3 Å². The zero-order valence-corrected chi connectivity index (χ0v) is 22.2. The molecule has 1 amide bonds. The number of carbonyl (C=O) groups is 1. The van der Waals surface area contributed by atoms with Crippen molar-refractivity contribution < 1.29 is 22.4 Å². The van der Waals surface area contributed by atoms with Crippen molar-refractivity contribution in [1.29, 1.82) is 0 Å². The second-order valence-corrected chi connectivity index (χ2v) is 10.8. The molecule has 2 aromatic carbocycles. The van der Waals surface area contributed by atoms with Crippen molar-refractivity contribution >= 4 is 29.1 Å². The van der Waals surface area contributed by atoms with Gasteiger partial charge in [-0.1, -0.05) is 35.3 Å². The topological polar surface area (TPSA) is 38.8 Å². The number of hydrogen-bond acceptors (Lipinski definition) is 4. The van der Waals surface area contributed by atoms with Crippen molar-refractivity contribution in [2.45, 2.75) is 37.6 Å². The van der Waals surface area contributed by atoms with Crippen molar-refractivity contribution in [3.63, 3.8) is 0 Å². The van der Waals surface area contributed by atoms with Crippen LogP contribution in [0, 0.1) is 5.82 Å². The van der Waals surface area contributed by atoms with Gasteiger partial charge in [-0.3, -0.25) is 14.6 Å². The summed E-state index contributed by atoms with van der Waals surface area (Å²) in [5.41, 5.74) is 0.0452. The predicted octanol–water partition coefficient (Wildman–Crippen LogP) is 4.87. The Morgan fingerprint density at radius 2 is 1.86 bits per heavy atom. The van der Waals surface area contributed by atoms with Gasteiger partial charge >= 0.3 is 6.18 Å². The largest absolute Gasteiger partial charge is 0.419 e. The van der Waals surface area contributed by atoms with E-state index in [1.54, 1.807) is 12.1 Å². The number of nitrogens with one attached hydrogen (secondary N) is 1. The SMILES string of the molecule is CC1CN(CC(=O)N2CC(N(C)Cc3ccc(C(F)(F)F)c(F)c3)[C@@H](c3ccc(Cl)c(Cl)c3)C2)CCN1. The normalized spacial score (nSPS) is 23.2. The van der Waals surface area contributed by atoms with Crippen LogP contribution in [0.15, 0.2) is 36.4 Å². The fourth-order valence-electron chi connectivity index (χ4n) is 5.25. The number of rotatable bonds is 6. The summed E-state index contributed by atoms with van der Waals surface area (Å²) in [6.07, 6.45) is -4.75. The summed E-state index contributed by atoms with van der Waals surface area (Å²) < 4.78 is 53.1. The van der Waals surface area contributed by atoms with Crippen LogP contribution in [0.2, 0.25) is 10.0 Å². The van der Waals surface area contributed by atoms with Crippen molar-refractivity contribution in [3.05, 3.63) is 69.0 Å². The first-order chi connectivity index (χ1) is 17.4. The highest BCUT2D eigenvalue weighted by atomic mass is 35.5. The minimum Gasteiger partial charge on any atom is -0.339 e.